The van der Waals surface area contributed by atoms with Crippen LogP contribution in [0.2, 0.25) is 10.0 Å². The van der Waals surface area contributed by atoms with Gasteiger partial charge in [-0.3, -0.25) is 9.71 Å². The van der Waals surface area contributed by atoms with Crippen molar-refractivity contribution in [3.63, 3.8) is 0 Å². The fraction of sp³-hybridized carbons (Fsp3) is 0.0952. The van der Waals surface area contributed by atoms with Crippen LogP contribution in [0.1, 0.15) is 11.1 Å². The van der Waals surface area contributed by atoms with Crippen molar-refractivity contribution in [1.29, 1.82) is 0 Å². The van der Waals surface area contributed by atoms with E-state index in [4.69, 9.17) is 32.4 Å². The zero-order valence-electron chi connectivity index (χ0n) is 15.9. The molecule has 1 N–H and O–H groups in total. The van der Waals surface area contributed by atoms with E-state index in [1.807, 2.05) is 12.1 Å². The maximum atomic E-state index is 11.6. The van der Waals surface area contributed by atoms with E-state index in [0.717, 1.165) is 22.6 Å². The molecule has 0 aliphatic rings. The van der Waals surface area contributed by atoms with Crippen LogP contribution in [0.4, 0.5) is 5.69 Å². The molecule has 2 aromatic heterocycles. The first-order chi connectivity index (χ1) is 14.3. The molecule has 4 aromatic rings. The van der Waals surface area contributed by atoms with Gasteiger partial charge in [0.05, 0.1) is 23.4 Å². The summed E-state index contributed by atoms with van der Waals surface area (Å²) < 4.78 is 37.2. The van der Waals surface area contributed by atoms with Crippen LogP contribution < -0.4 is 9.46 Å². The van der Waals surface area contributed by atoms with Gasteiger partial charge in [-0.2, -0.15) is 0 Å². The number of ether oxygens (including phenoxy) is 1. The number of sulfonamides is 1. The smallest absolute Gasteiger partial charge is 0.229 e. The number of anilines is 1. The highest BCUT2D eigenvalue weighted by atomic mass is 35.5. The van der Waals surface area contributed by atoms with E-state index in [1.54, 1.807) is 37.5 Å². The van der Waals surface area contributed by atoms with Gasteiger partial charge < -0.3 is 9.15 Å². The Bertz CT molecular complexity index is 1390. The molecule has 154 valence electrons. The van der Waals surface area contributed by atoms with Crippen LogP contribution in [0, 0.1) is 0 Å². The van der Waals surface area contributed by atoms with Crippen molar-refractivity contribution in [2.24, 2.45) is 0 Å². The van der Waals surface area contributed by atoms with Crippen LogP contribution in [0.25, 0.3) is 34.1 Å². The van der Waals surface area contributed by atoms with Crippen LogP contribution in [-0.4, -0.2) is 26.8 Å². The van der Waals surface area contributed by atoms with E-state index in [1.165, 1.54) is 12.4 Å². The molecule has 2 heterocycles. The summed E-state index contributed by atoms with van der Waals surface area (Å²) in [7, 11) is -1.86. The van der Waals surface area contributed by atoms with E-state index < -0.39 is 10.0 Å². The van der Waals surface area contributed by atoms with E-state index in [9.17, 15) is 8.42 Å². The van der Waals surface area contributed by atoms with Gasteiger partial charge in [0, 0.05) is 34.4 Å². The Hall–Kier alpha value is -2.74. The first-order valence-electron chi connectivity index (χ1n) is 8.75. The number of pyridine rings is 1. The second kappa shape index (κ2) is 7.83. The minimum atomic E-state index is -3.42. The summed E-state index contributed by atoms with van der Waals surface area (Å²) in [5.41, 5.74) is 3.06. The topological polar surface area (TPSA) is 81.4 Å². The Morgan fingerprint density at radius 1 is 1.10 bits per heavy atom. The Balaban J connectivity index is 1.94. The standard InChI is InChI=1S/C21H16Cl2N2O4S/c1-28-19-7-4-12(3-6-14-16(22)10-24-11-17(14)23)20-15-9-13(25-30(2,26)27)5-8-18(15)29-21(19)20/h3-11,25H,1-2H3. The number of methoxy groups -OCH3 is 1. The highest BCUT2D eigenvalue weighted by Gasteiger charge is 2.16. The van der Waals surface area contributed by atoms with Gasteiger partial charge in [-0.25, -0.2) is 8.42 Å². The Morgan fingerprint density at radius 3 is 2.50 bits per heavy atom. The summed E-state index contributed by atoms with van der Waals surface area (Å²) in [4.78, 5) is 3.96. The van der Waals surface area contributed by atoms with Gasteiger partial charge in [-0.05, 0) is 29.8 Å². The van der Waals surface area contributed by atoms with Crippen molar-refractivity contribution in [3.05, 3.63) is 63.9 Å². The summed E-state index contributed by atoms with van der Waals surface area (Å²) in [6.07, 6.45) is 7.80. The van der Waals surface area contributed by atoms with Crippen LogP contribution in [0.15, 0.2) is 47.1 Å². The van der Waals surface area contributed by atoms with Gasteiger partial charge in [-0.1, -0.05) is 41.4 Å². The normalized spacial score (nSPS) is 12.1. The quantitative estimate of drug-likeness (QED) is 0.402. The molecule has 30 heavy (non-hydrogen) atoms. The number of furan rings is 1. The van der Waals surface area contributed by atoms with Gasteiger partial charge >= 0.3 is 0 Å². The number of nitrogens with zero attached hydrogens (tertiary/aromatic N) is 1. The van der Waals surface area contributed by atoms with Gasteiger partial charge in [0.2, 0.25) is 10.0 Å². The van der Waals surface area contributed by atoms with E-state index >= 15 is 0 Å². The number of hydrogen-bond donors (Lipinski definition) is 1. The molecule has 0 fully saturated rings. The number of fused-ring (bicyclic) bond motifs is 3. The molecule has 0 unspecified atom stereocenters. The predicted molar refractivity (Wildman–Crippen MR) is 122 cm³/mol. The largest absolute Gasteiger partial charge is 0.493 e. The molecule has 0 radical (unpaired) electrons. The third kappa shape index (κ3) is 3.96. The van der Waals surface area contributed by atoms with E-state index in [-0.39, 0.29) is 0 Å². The van der Waals surface area contributed by atoms with Gasteiger partial charge in [0.15, 0.2) is 11.3 Å². The van der Waals surface area contributed by atoms with Crippen molar-refractivity contribution in [1.82, 2.24) is 4.98 Å². The molecule has 0 spiro atoms. The van der Waals surface area contributed by atoms with Crippen molar-refractivity contribution in [2.75, 3.05) is 18.1 Å². The molecular formula is C21H16Cl2N2O4S. The second-order valence-corrected chi connectivity index (χ2v) is 9.16. The van der Waals surface area contributed by atoms with E-state index in [2.05, 4.69) is 9.71 Å². The van der Waals surface area contributed by atoms with E-state index in [0.29, 0.717) is 38.2 Å². The average Bonchev–Trinajstić information content (AvgIpc) is 3.05. The molecule has 6 nitrogen and oxygen atoms in total. The fourth-order valence-corrected chi connectivity index (χ4v) is 4.26. The molecule has 0 bridgehead atoms. The number of benzene rings is 2. The zero-order chi connectivity index (χ0) is 21.5. The summed E-state index contributed by atoms with van der Waals surface area (Å²) in [5, 5.41) is 2.38. The van der Waals surface area contributed by atoms with Crippen molar-refractivity contribution in [3.8, 4) is 5.75 Å². The molecule has 9 heteroatoms. The Kier molecular flexibility index (Phi) is 5.36. The molecule has 0 aliphatic carbocycles. The second-order valence-electron chi connectivity index (χ2n) is 6.60. The van der Waals surface area contributed by atoms with Gasteiger partial charge in [0.25, 0.3) is 0 Å². The van der Waals surface area contributed by atoms with Crippen LogP contribution >= 0.6 is 23.2 Å². The van der Waals surface area contributed by atoms with Gasteiger partial charge in [0.1, 0.15) is 5.58 Å². The highest BCUT2D eigenvalue weighted by molar-refractivity contribution is 7.92. The van der Waals surface area contributed by atoms with Crippen LogP contribution in [0.5, 0.6) is 5.75 Å². The molecule has 0 saturated carbocycles. The lowest BCUT2D eigenvalue weighted by molar-refractivity contribution is 0.412. The zero-order valence-corrected chi connectivity index (χ0v) is 18.3. The first-order valence-corrected chi connectivity index (χ1v) is 11.4. The monoisotopic (exact) mass is 462 g/mol. The van der Waals surface area contributed by atoms with Crippen LogP contribution in [0.3, 0.4) is 0 Å². The average molecular weight is 463 g/mol. The summed E-state index contributed by atoms with van der Waals surface area (Å²) in [5.74, 6) is 0.566. The molecule has 0 aliphatic heterocycles. The Morgan fingerprint density at radius 2 is 1.83 bits per heavy atom. The van der Waals surface area contributed by atoms with Crippen molar-refractivity contribution >= 4 is 73.0 Å². The molecular weight excluding hydrogens is 447 g/mol. The molecule has 0 saturated heterocycles. The Labute approximate surface area is 183 Å². The van der Waals surface area contributed by atoms with Gasteiger partial charge in [-0.15, -0.1) is 0 Å². The SMILES string of the molecule is COc1ccc(C=Cc2c(Cl)cncc2Cl)c2c1oc1ccc(NS(C)(=O)=O)cc12. The highest BCUT2D eigenvalue weighted by Crippen LogP contribution is 2.39. The molecule has 4 rings (SSSR count). The predicted octanol–water partition coefficient (Wildman–Crippen LogP) is 5.84. The lowest BCUT2D eigenvalue weighted by Crippen LogP contribution is -2.09. The lowest BCUT2D eigenvalue weighted by atomic mass is 10.0. The summed E-state index contributed by atoms with van der Waals surface area (Å²) in [6.45, 7) is 0. The molecule has 0 amide bonds. The lowest BCUT2D eigenvalue weighted by Gasteiger charge is -2.05. The maximum absolute atomic E-state index is 11.6. The third-order valence-electron chi connectivity index (χ3n) is 4.46. The minimum Gasteiger partial charge on any atom is -0.493 e. The maximum Gasteiger partial charge on any atom is 0.229 e. The first kappa shape index (κ1) is 20.5. The fourth-order valence-electron chi connectivity index (χ4n) is 3.21. The number of nitrogens with one attached hydrogen (secondary N) is 1. The van der Waals surface area contributed by atoms with Crippen LogP contribution in [-0.2, 0) is 10.0 Å². The number of aromatic nitrogens is 1. The minimum absolute atomic E-state index is 0.431. The third-order valence-corrected chi connectivity index (χ3v) is 5.67. The van der Waals surface area contributed by atoms with Crippen molar-refractivity contribution in [2.45, 2.75) is 0 Å². The van der Waals surface area contributed by atoms with Crippen molar-refractivity contribution < 1.29 is 17.6 Å². The molecule has 2 aromatic carbocycles. The molecule has 0 atom stereocenters. The summed E-state index contributed by atoms with van der Waals surface area (Å²) >= 11 is 12.4. The number of hydrogen-bond acceptors (Lipinski definition) is 5. The summed E-state index contributed by atoms with van der Waals surface area (Å²) in [6, 6.07) is 8.77. The number of rotatable bonds is 5. The number of halogens is 2.